The van der Waals surface area contributed by atoms with E-state index in [9.17, 15) is 4.79 Å². The largest absolute Gasteiger partial charge is 0.376 e. The molecule has 1 saturated heterocycles. The summed E-state index contributed by atoms with van der Waals surface area (Å²) in [5.41, 5.74) is 5.15. The molecule has 2 aromatic carbocycles. The molecule has 2 aliphatic rings. The smallest absolute Gasteiger partial charge is 0.193 e. The molecular formula is C19H16O2. The SMILES string of the molecule is O=C(C1=C2COCC2Cc2ccccc21)c1ccccc1. The molecular weight excluding hydrogens is 260 g/mol. The lowest BCUT2D eigenvalue weighted by molar-refractivity contribution is 0.105. The number of carbonyl (C=O) groups excluding carboxylic acids is 1. The van der Waals surface area contributed by atoms with E-state index in [2.05, 4.69) is 12.1 Å². The number of ether oxygens (including phenoxy) is 1. The van der Waals surface area contributed by atoms with E-state index < -0.39 is 0 Å². The quantitative estimate of drug-likeness (QED) is 0.784. The lowest BCUT2D eigenvalue weighted by atomic mass is 9.78. The normalized spacial score (nSPS) is 20.1. The van der Waals surface area contributed by atoms with Crippen molar-refractivity contribution in [1.82, 2.24) is 0 Å². The van der Waals surface area contributed by atoms with E-state index in [1.807, 2.05) is 42.5 Å². The van der Waals surface area contributed by atoms with Crippen LogP contribution in [0.4, 0.5) is 0 Å². The predicted molar refractivity (Wildman–Crippen MR) is 82.1 cm³/mol. The van der Waals surface area contributed by atoms with Crippen molar-refractivity contribution < 1.29 is 9.53 Å². The lowest BCUT2D eigenvalue weighted by Crippen LogP contribution is -2.19. The molecule has 2 heteroatoms. The fraction of sp³-hybridized carbons (Fsp3) is 0.211. The van der Waals surface area contributed by atoms with E-state index in [0.717, 1.165) is 29.7 Å². The predicted octanol–water partition coefficient (Wildman–Crippen LogP) is 3.53. The number of Topliss-reactive ketones (excluding diaryl/α,β-unsaturated/α-hetero) is 1. The molecule has 1 atom stereocenters. The Labute approximate surface area is 124 Å². The molecule has 2 nitrogen and oxygen atoms in total. The maximum Gasteiger partial charge on any atom is 0.193 e. The summed E-state index contributed by atoms with van der Waals surface area (Å²) in [6.07, 6.45) is 0.983. The Morgan fingerprint density at radius 1 is 1.00 bits per heavy atom. The summed E-state index contributed by atoms with van der Waals surface area (Å²) in [7, 11) is 0. The Bertz CT molecular complexity index is 728. The van der Waals surface area contributed by atoms with Crippen LogP contribution in [-0.2, 0) is 11.2 Å². The highest BCUT2D eigenvalue weighted by Crippen LogP contribution is 2.39. The molecule has 104 valence electrons. The van der Waals surface area contributed by atoms with Gasteiger partial charge >= 0.3 is 0 Å². The van der Waals surface area contributed by atoms with Gasteiger partial charge in [0.15, 0.2) is 5.78 Å². The summed E-state index contributed by atoms with van der Waals surface area (Å²) < 4.78 is 5.63. The van der Waals surface area contributed by atoms with Crippen molar-refractivity contribution in [1.29, 1.82) is 0 Å². The second-order valence-corrected chi connectivity index (χ2v) is 5.67. The molecule has 0 saturated carbocycles. The minimum Gasteiger partial charge on any atom is -0.376 e. The third-order valence-electron chi connectivity index (χ3n) is 4.41. The Morgan fingerprint density at radius 2 is 1.76 bits per heavy atom. The highest BCUT2D eigenvalue weighted by molar-refractivity contribution is 6.30. The molecule has 1 heterocycles. The monoisotopic (exact) mass is 276 g/mol. The van der Waals surface area contributed by atoms with Crippen molar-refractivity contribution in [2.75, 3.05) is 13.2 Å². The number of allylic oxidation sites excluding steroid dienone is 1. The van der Waals surface area contributed by atoms with Gasteiger partial charge in [0, 0.05) is 17.1 Å². The molecule has 0 spiro atoms. The number of hydrogen-bond donors (Lipinski definition) is 0. The van der Waals surface area contributed by atoms with E-state index in [0.29, 0.717) is 12.5 Å². The first-order valence-electron chi connectivity index (χ1n) is 7.33. The van der Waals surface area contributed by atoms with Crippen LogP contribution in [0.3, 0.4) is 0 Å². The number of benzene rings is 2. The van der Waals surface area contributed by atoms with Crippen LogP contribution < -0.4 is 0 Å². The fourth-order valence-corrected chi connectivity index (χ4v) is 3.37. The second kappa shape index (κ2) is 4.97. The molecule has 0 N–H and O–H groups in total. The first-order chi connectivity index (χ1) is 10.3. The zero-order valence-corrected chi connectivity index (χ0v) is 11.7. The topological polar surface area (TPSA) is 26.3 Å². The molecule has 1 unspecified atom stereocenters. The summed E-state index contributed by atoms with van der Waals surface area (Å²) in [6, 6.07) is 17.8. The minimum atomic E-state index is 0.119. The number of carbonyl (C=O) groups is 1. The fourth-order valence-electron chi connectivity index (χ4n) is 3.37. The van der Waals surface area contributed by atoms with Gasteiger partial charge in [-0.1, -0.05) is 54.6 Å². The summed E-state index contributed by atoms with van der Waals surface area (Å²) in [5.74, 6) is 0.482. The van der Waals surface area contributed by atoms with Gasteiger partial charge < -0.3 is 4.74 Å². The van der Waals surface area contributed by atoms with Crippen LogP contribution in [-0.4, -0.2) is 19.0 Å². The molecule has 0 bridgehead atoms. The van der Waals surface area contributed by atoms with Crippen molar-refractivity contribution >= 4 is 11.4 Å². The van der Waals surface area contributed by atoms with Crippen molar-refractivity contribution in [3.8, 4) is 0 Å². The standard InChI is InChI=1S/C19H16O2/c20-19(13-6-2-1-3-7-13)18-16-9-5-4-8-14(16)10-15-11-21-12-17(15)18/h1-9,15H,10-12H2. The van der Waals surface area contributed by atoms with E-state index in [4.69, 9.17) is 4.74 Å². The molecule has 21 heavy (non-hydrogen) atoms. The van der Waals surface area contributed by atoms with Gasteiger partial charge in [0.2, 0.25) is 0 Å². The average Bonchev–Trinajstić information content (AvgIpc) is 3.00. The first-order valence-corrected chi connectivity index (χ1v) is 7.33. The van der Waals surface area contributed by atoms with Crippen LogP contribution in [0.25, 0.3) is 5.57 Å². The zero-order valence-electron chi connectivity index (χ0n) is 11.7. The summed E-state index contributed by atoms with van der Waals surface area (Å²) >= 11 is 0. The Balaban J connectivity index is 1.89. The van der Waals surface area contributed by atoms with E-state index in [1.165, 1.54) is 11.1 Å². The maximum absolute atomic E-state index is 13.0. The molecule has 1 aliphatic heterocycles. The Kier molecular flexibility index (Phi) is 2.97. The van der Waals surface area contributed by atoms with Crippen molar-refractivity contribution in [2.45, 2.75) is 6.42 Å². The zero-order chi connectivity index (χ0) is 14.2. The highest BCUT2D eigenvalue weighted by atomic mass is 16.5. The number of rotatable bonds is 2. The molecule has 2 aromatic rings. The van der Waals surface area contributed by atoms with Gasteiger partial charge in [0.25, 0.3) is 0 Å². The van der Waals surface area contributed by atoms with Crippen molar-refractivity contribution in [3.63, 3.8) is 0 Å². The first kappa shape index (κ1) is 12.5. The average molecular weight is 276 g/mol. The molecule has 1 aliphatic carbocycles. The molecule has 4 rings (SSSR count). The second-order valence-electron chi connectivity index (χ2n) is 5.67. The summed E-state index contributed by atoms with van der Waals surface area (Å²) in [4.78, 5) is 13.0. The van der Waals surface area contributed by atoms with Crippen LogP contribution in [0.1, 0.15) is 21.5 Å². The number of hydrogen-bond acceptors (Lipinski definition) is 2. The number of fused-ring (bicyclic) bond motifs is 2. The third-order valence-corrected chi connectivity index (χ3v) is 4.41. The summed E-state index contributed by atoms with van der Waals surface area (Å²) in [5, 5.41) is 0. The van der Waals surface area contributed by atoms with Crippen LogP contribution >= 0.6 is 0 Å². The Morgan fingerprint density at radius 3 is 2.62 bits per heavy atom. The van der Waals surface area contributed by atoms with E-state index >= 15 is 0 Å². The lowest BCUT2D eigenvalue weighted by Gasteiger charge is -2.24. The van der Waals surface area contributed by atoms with E-state index in [1.54, 1.807) is 0 Å². The maximum atomic E-state index is 13.0. The molecule has 0 aromatic heterocycles. The molecule has 0 amide bonds. The van der Waals surface area contributed by atoms with Crippen LogP contribution in [0.5, 0.6) is 0 Å². The highest BCUT2D eigenvalue weighted by Gasteiger charge is 2.34. The van der Waals surface area contributed by atoms with Crippen molar-refractivity contribution in [2.24, 2.45) is 5.92 Å². The number of ketones is 1. The van der Waals surface area contributed by atoms with E-state index in [-0.39, 0.29) is 5.78 Å². The van der Waals surface area contributed by atoms with Gasteiger partial charge in [0.1, 0.15) is 0 Å². The van der Waals surface area contributed by atoms with Gasteiger partial charge in [-0.3, -0.25) is 4.79 Å². The third kappa shape index (κ3) is 2.03. The van der Waals surface area contributed by atoms with Crippen LogP contribution in [0.2, 0.25) is 0 Å². The van der Waals surface area contributed by atoms with Gasteiger partial charge in [-0.15, -0.1) is 0 Å². The van der Waals surface area contributed by atoms with Gasteiger partial charge in [-0.25, -0.2) is 0 Å². The molecule has 0 radical (unpaired) electrons. The van der Waals surface area contributed by atoms with Gasteiger partial charge in [-0.2, -0.15) is 0 Å². The molecule has 1 fully saturated rings. The van der Waals surface area contributed by atoms with Gasteiger partial charge in [0.05, 0.1) is 13.2 Å². The Hall–Kier alpha value is -2.19. The van der Waals surface area contributed by atoms with Crippen LogP contribution in [0, 0.1) is 5.92 Å². The summed E-state index contributed by atoms with van der Waals surface area (Å²) in [6.45, 7) is 1.32. The van der Waals surface area contributed by atoms with Crippen molar-refractivity contribution in [3.05, 3.63) is 76.9 Å². The van der Waals surface area contributed by atoms with Crippen LogP contribution in [0.15, 0.2) is 60.2 Å². The minimum absolute atomic E-state index is 0.119. The van der Waals surface area contributed by atoms with Gasteiger partial charge in [-0.05, 0) is 23.1 Å².